The first-order valence-electron chi connectivity index (χ1n) is 16.7. The molecule has 6 nitrogen and oxygen atoms in total. The van der Waals surface area contributed by atoms with Gasteiger partial charge < -0.3 is 0 Å². The van der Waals surface area contributed by atoms with Crippen LogP contribution in [0.2, 0.25) is 0 Å². The number of benzene rings is 6. The topological polar surface area (TPSA) is 60.9 Å². The van der Waals surface area contributed by atoms with Gasteiger partial charge in [0.2, 0.25) is 5.95 Å². The van der Waals surface area contributed by atoms with Crippen molar-refractivity contribution < 1.29 is 0 Å². The minimum atomic E-state index is 0.590. The molecule has 0 saturated heterocycles. The van der Waals surface area contributed by atoms with Crippen LogP contribution >= 0.6 is 0 Å². The van der Waals surface area contributed by atoms with Crippen LogP contribution in [0.5, 0.6) is 0 Å². The Morgan fingerprint density at radius 1 is 0.380 bits per heavy atom. The van der Waals surface area contributed by atoms with Gasteiger partial charge in [-0.2, -0.15) is 9.97 Å². The highest BCUT2D eigenvalue weighted by Crippen LogP contribution is 2.40. The minimum Gasteiger partial charge on any atom is -0.293 e. The minimum absolute atomic E-state index is 0.590. The molecule has 0 N–H and O–H groups in total. The molecule has 0 atom stereocenters. The highest BCUT2D eigenvalue weighted by atomic mass is 15.2. The van der Waals surface area contributed by atoms with E-state index in [1.807, 2.05) is 42.6 Å². The van der Waals surface area contributed by atoms with Gasteiger partial charge in [-0.1, -0.05) is 121 Å². The summed E-state index contributed by atoms with van der Waals surface area (Å²) < 4.78 is 4.47. The summed E-state index contributed by atoms with van der Waals surface area (Å²) in [5, 5.41) is 7.22. The molecule has 5 aromatic heterocycles. The van der Waals surface area contributed by atoms with Gasteiger partial charge in [-0.15, -0.1) is 0 Å². The second-order valence-electron chi connectivity index (χ2n) is 12.7. The molecular formula is C44H26N6. The third-order valence-corrected chi connectivity index (χ3v) is 9.99. The summed E-state index contributed by atoms with van der Waals surface area (Å²) in [6.45, 7) is 0. The van der Waals surface area contributed by atoms with E-state index >= 15 is 0 Å². The van der Waals surface area contributed by atoms with E-state index in [-0.39, 0.29) is 0 Å². The molecule has 0 radical (unpaired) electrons. The van der Waals surface area contributed by atoms with Gasteiger partial charge in [0.1, 0.15) is 5.65 Å². The Morgan fingerprint density at radius 3 is 1.68 bits per heavy atom. The van der Waals surface area contributed by atoms with Crippen molar-refractivity contribution in [3.05, 3.63) is 158 Å². The summed E-state index contributed by atoms with van der Waals surface area (Å²) >= 11 is 0. The van der Waals surface area contributed by atoms with Crippen molar-refractivity contribution in [1.29, 1.82) is 0 Å². The maximum atomic E-state index is 5.12. The lowest BCUT2D eigenvalue weighted by atomic mass is 10.0. The molecule has 0 spiro atoms. The third kappa shape index (κ3) is 3.84. The van der Waals surface area contributed by atoms with Crippen molar-refractivity contribution in [2.75, 3.05) is 0 Å². The zero-order valence-electron chi connectivity index (χ0n) is 26.7. The van der Waals surface area contributed by atoms with Gasteiger partial charge in [-0.25, -0.2) is 9.97 Å². The maximum absolute atomic E-state index is 5.12. The van der Waals surface area contributed by atoms with E-state index in [0.717, 1.165) is 55.2 Å². The molecule has 5 heterocycles. The Bertz CT molecular complexity index is 3030. The van der Waals surface area contributed by atoms with Crippen molar-refractivity contribution in [2.45, 2.75) is 0 Å². The molecular weight excluding hydrogens is 613 g/mol. The van der Waals surface area contributed by atoms with Crippen LogP contribution in [-0.4, -0.2) is 28.9 Å². The molecule has 6 aromatic carbocycles. The number of nitrogens with zero attached hydrogens (tertiary/aromatic N) is 6. The average Bonchev–Trinajstić information content (AvgIpc) is 3.83. The van der Waals surface area contributed by atoms with Crippen LogP contribution in [0.1, 0.15) is 0 Å². The van der Waals surface area contributed by atoms with E-state index in [0.29, 0.717) is 17.6 Å². The lowest BCUT2D eigenvalue weighted by Crippen LogP contribution is -2.06. The van der Waals surface area contributed by atoms with Crippen molar-refractivity contribution in [3.63, 3.8) is 0 Å². The standard InChI is InChI=1S/C44H26N6/c1-2-10-28(11-3-1)41-46-42(48-44(47-41)49-37-17-6-4-12-31(37)32-13-5-7-18-38(32)49)29-21-19-27(20-22-29)30-23-24-33-34-14-8-15-35-36-16-9-25-45-43(36)50(40(34)35)39(33)26-30/h1-26H. The Hall–Kier alpha value is -6.92. The summed E-state index contributed by atoms with van der Waals surface area (Å²) in [6, 6.07) is 53.0. The molecule has 0 amide bonds. The molecule has 0 unspecified atom stereocenters. The molecule has 11 rings (SSSR count). The fraction of sp³-hybridized carbons (Fsp3) is 0. The van der Waals surface area contributed by atoms with Crippen LogP contribution in [-0.2, 0) is 0 Å². The van der Waals surface area contributed by atoms with Crippen LogP contribution < -0.4 is 0 Å². The van der Waals surface area contributed by atoms with Crippen LogP contribution in [0.15, 0.2) is 158 Å². The number of para-hydroxylation sites is 3. The van der Waals surface area contributed by atoms with Crippen molar-refractivity contribution in [2.24, 2.45) is 0 Å². The Labute approximate surface area is 285 Å². The molecule has 232 valence electrons. The van der Waals surface area contributed by atoms with E-state index in [9.17, 15) is 0 Å². The second kappa shape index (κ2) is 10.3. The van der Waals surface area contributed by atoms with Gasteiger partial charge >= 0.3 is 0 Å². The van der Waals surface area contributed by atoms with Crippen LogP contribution in [0.3, 0.4) is 0 Å². The summed E-state index contributed by atoms with van der Waals surface area (Å²) in [5.74, 6) is 1.85. The Morgan fingerprint density at radius 2 is 0.940 bits per heavy atom. The van der Waals surface area contributed by atoms with Gasteiger partial charge in [0.25, 0.3) is 0 Å². The third-order valence-electron chi connectivity index (χ3n) is 9.99. The van der Waals surface area contributed by atoms with Gasteiger partial charge in [0.15, 0.2) is 11.6 Å². The lowest BCUT2D eigenvalue weighted by molar-refractivity contribution is 0.953. The number of hydrogen-bond acceptors (Lipinski definition) is 4. The van der Waals surface area contributed by atoms with Crippen LogP contribution in [0.25, 0.3) is 99.9 Å². The van der Waals surface area contributed by atoms with Gasteiger partial charge in [0, 0.05) is 49.6 Å². The first-order valence-corrected chi connectivity index (χ1v) is 16.7. The highest BCUT2D eigenvalue weighted by molar-refractivity contribution is 6.22. The monoisotopic (exact) mass is 638 g/mol. The fourth-order valence-electron chi connectivity index (χ4n) is 7.73. The van der Waals surface area contributed by atoms with Crippen molar-refractivity contribution in [1.82, 2.24) is 28.9 Å². The molecule has 0 aliphatic rings. The second-order valence-corrected chi connectivity index (χ2v) is 12.7. The SMILES string of the molecule is c1ccc(-c2nc(-c3ccc(-c4ccc5c6cccc7c8cccnc8n(c5c4)c67)cc3)nc(-n3c4ccccc4c4ccccc43)n2)cc1. The zero-order chi connectivity index (χ0) is 32.8. The van der Waals surface area contributed by atoms with Crippen LogP contribution in [0, 0.1) is 0 Å². The smallest absolute Gasteiger partial charge is 0.238 e. The van der Waals surface area contributed by atoms with E-state index in [1.54, 1.807) is 0 Å². The highest BCUT2D eigenvalue weighted by Gasteiger charge is 2.19. The van der Waals surface area contributed by atoms with E-state index in [4.69, 9.17) is 19.9 Å². The van der Waals surface area contributed by atoms with Crippen molar-refractivity contribution >= 4 is 60.0 Å². The largest absolute Gasteiger partial charge is 0.293 e. The van der Waals surface area contributed by atoms with Crippen LogP contribution in [0.4, 0.5) is 0 Å². The summed E-state index contributed by atoms with van der Waals surface area (Å²) in [4.78, 5) is 20.0. The molecule has 0 saturated carbocycles. The van der Waals surface area contributed by atoms with E-state index < -0.39 is 0 Å². The average molecular weight is 639 g/mol. The Balaban J connectivity index is 1.07. The number of fused-ring (bicyclic) bond motifs is 9. The lowest BCUT2D eigenvalue weighted by Gasteiger charge is -2.11. The van der Waals surface area contributed by atoms with Gasteiger partial charge in [0.05, 0.1) is 22.1 Å². The molecule has 0 bridgehead atoms. The summed E-state index contributed by atoms with van der Waals surface area (Å²) in [5.41, 5.74) is 9.61. The molecule has 0 aliphatic carbocycles. The molecule has 0 aliphatic heterocycles. The maximum Gasteiger partial charge on any atom is 0.238 e. The first kappa shape index (κ1) is 27.1. The van der Waals surface area contributed by atoms with Gasteiger partial charge in [-0.05, 0) is 41.5 Å². The molecule has 6 heteroatoms. The number of aromatic nitrogens is 6. The van der Waals surface area contributed by atoms with E-state index in [2.05, 4.69) is 124 Å². The molecule has 0 fully saturated rings. The van der Waals surface area contributed by atoms with E-state index in [1.165, 1.54) is 27.1 Å². The predicted octanol–water partition coefficient (Wildman–Crippen LogP) is 10.5. The number of hydrogen-bond donors (Lipinski definition) is 0. The summed E-state index contributed by atoms with van der Waals surface area (Å²) in [7, 11) is 0. The fourth-order valence-corrected chi connectivity index (χ4v) is 7.73. The normalized spacial score (nSPS) is 12.0. The molecule has 11 aromatic rings. The Kier molecular flexibility index (Phi) is 5.57. The van der Waals surface area contributed by atoms with Crippen molar-refractivity contribution in [3.8, 4) is 39.9 Å². The summed E-state index contributed by atoms with van der Waals surface area (Å²) in [6.07, 6.45) is 1.88. The number of pyridine rings is 1. The van der Waals surface area contributed by atoms with Gasteiger partial charge in [-0.3, -0.25) is 8.97 Å². The predicted molar refractivity (Wildman–Crippen MR) is 203 cm³/mol. The quantitative estimate of drug-likeness (QED) is 0.192. The molecule has 50 heavy (non-hydrogen) atoms. The number of rotatable bonds is 4. The first-order chi connectivity index (χ1) is 24.8. The zero-order valence-corrected chi connectivity index (χ0v) is 26.7.